The number of nitrogens with zero attached hydrogens (tertiary/aromatic N) is 2. The van der Waals surface area contributed by atoms with Gasteiger partial charge in [0.15, 0.2) is 0 Å². The summed E-state index contributed by atoms with van der Waals surface area (Å²) in [5, 5.41) is 7.64. The zero-order chi connectivity index (χ0) is 37.5. The zero-order valence-corrected chi connectivity index (χ0v) is 31.7. The number of hydrogen-bond donors (Lipinski definition) is 0. The predicted molar refractivity (Wildman–Crippen MR) is 244 cm³/mol. The fraction of sp³-hybridized carbons (Fsp3) is 0. The maximum absolute atomic E-state index is 2.49. The van der Waals surface area contributed by atoms with Gasteiger partial charge in [-0.3, -0.25) is 0 Å². The third-order valence-corrected chi connectivity index (χ3v) is 12.9. The van der Waals surface area contributed by atoms with Gasteiger partial charge in [-0.25, -0.2) is 0 Å². The van der Waals surface area contributed by atoms with Crippen molar-refractivity contribution >= 4 is 75.1 Å². The second-order valence-electron chi connectivity index (χ2n) is 14.9. The van der Waals surface area contributed by atoms with Crippen molar-refractivity contribution in [3.05, 3.63) is 206 Å². The van der Waals surface area contributed by atoms with Gasteiger partial charge in [0.25, 0.3) is 0 Å². The molecular formula is C54H34N2S. The van der Waals surface area contributed by atoms with E-state index in [1.54, 1.807) is 0 Å². The molecule has 0 saturated heterocycles. The van der Waals surface area contributed by atoms with Crippen LogP contribution in [0.2, 0.25) is 0 Å². The highest BCUT2D eigenvalue weighted by molar-refractivity contribution is 7.26. The summed E-state index contributed by atoms with van der Waals surface area (Å²) >= 11 is 1.90. The molecule has 0 spiro atoms. The molecule has 0 amide bonds. The van der Waals surface area contributed by atoms with Crippen molar-refractivity contribution in [2.24, 2.45) is 0 Å². The Morgan fingerprint density at radius 1 is 0.316 bits per heavy atom. The van der Waals surface area contributed by atoms with Crippen molar-refractivity contribution in [3.8, 4) is 44.8 Å². The largest absolute Gasteiger partial charge is 0.309 e. The third-order valence-electron chi connectivity index (χ3n) is 11.7. The summed E-state index contributed by atoms with van der Waals surface area (Å²) in [6, 6.07) is 75.5. The molecule has 0 aliphatic heterocycles. The van der Waals surface area contributed by atoms with Gasteiger partial charge in [0, 0.05) is 58.7 Å². The third kappa shape index (κ3) is 4.96. The van der Waals surface area contributed by atoms with Crippen LogP contribution in [-0.4, -0.2) is 9.13 Å². The summed E-state index contributed by atoms with van der Waals surface area (Å²) in [6.07, 6.45) is 0. The SMILES string of the molecule is c1ccc(-c2ccc(-n3c4ccccc4c4cc(-c5ccc6c(c5)c5ccccc5n6-c5cccc(-c6ccccc6)c5)c5sc6ccccc6c5c43)cc2)cc1. The maximum Gasteiger partial charge on any atom is 0.0634 e. The highest BCUT2D eigenvalue weighted by Gasteiger charge is 2.22. The summed E-state index contributed by atoms with van der Waals surface area (Å²) in [4.78, 5) is 0. The summed E-state index contributed by atoms with van der Waals surface area (Å²) in [7, 11) is 0. The smallest absolute Gasteiger partial charge is 0.0634 e. The van der Waals surface area contributed by atoms with Crippen LogP contribution in [0, 0.1) is 0 Å². The molecule has 12 aromatic rings. The molecule has 12 rings (SSSR count). The second-order valence-corrected chi connectivity index (χ2v) is 15.9. The van der Waals surface area contributed by atoms with Crippen LogP contribution in [0.25, 0.3) is 109 Å². The van der Waals surface area contributed by atoms with E-state index in [0.29, 0.717) is 0 Å². The average Bonchev–Trinajstić information content (AvgIpc) is 3.94. The molecule has 0 atom stereocenters. The fourth-order valence-corrected chi connectivity index (χ4v) is 10.4. The van der Waals surface area contributed by atoms with E-state index in [1.807, 2.05) is 11.3 Å². The van der Waals surface area contributed by atoms with Gasteiger partial charge in [0.05, 0.1) is 22.1 Å². The monoisotopic (exact) mass is 742 g/mol. The molecule has 0 unspecified atom stereocenters. The molecule has 0 aliphatic carbocycles. The maximum atomic E-state index is 2.49. The van der Waals surface area contributed by atoms with Gasteiger partial charge >= 0.3 is 0 Å². The quantitative estimate of drug-likeness (QED) is 0.166. The van der Waals surface area contributed by atoms with Crippen LogP contribution in [0.4, 0.5) is 0 Å². The van der Waals surface area contributed by atoms with Gasteiger partial charge in [-0.15, -0.1) is 11.3 Å². The average molecular weight is 743 g/mol. The van der Waals surface area contributed by atoms with E-state index in [1.165, 1.54) is 97.2 Å². The highest BCUT2D eigenvalue weighted by atomic mass is 32.1. The van der Waals surface area contributed by atoms with Crippen molar-refractivity contribution in [2.45, 2.75) is 0 Å². The minimum absolute atomic E-state index is 1.16. The molecule has 266 valence electrons. The van der Waals surface area contributed by atoms with Gasteiger partial charge < -0.3 is 9.13 Å². The van der Waals surface area contributed by atoms with E-state index >= 15 is 0 Å². The van der Waals surface area contributed by atoms with Gasteiger partial charge in [-0.1, -0.05) is 146 Å². The van der Waals surface area contributed by atoms with Crippen LogP contribution >= 0.6 is 11.3 Å². The van der Waals surface area contributed by atoms with Crippen LogP contribution in [0.1, 0.15) is 0 Å². The first kappa shape index (κ1) is 32.1. The van der Waals surface area contributed by atoms with Gasteiger partial charge in [-0.2, -0.15) is 0 Å². The summed E-state index contributed by atoms with van der Waals surface area (Å²) in [5.41, 5.74) is 14.6. The fourth-order valence-electron chi connectivity index (χ4n) is 9.13. The highest BCUT2D eigenvalue weighted by Crippen LogP contribution is 2.48. The van der Waals surface area contributed by atoms with E-state index in [9.17, 15) is 0 Å². The van der Waals surface area contributed by atoms with Crippen molar-refractivity contribution in [1.29, 1.82) is 0 Å². The molecule has 3 aromatic heterocycles. The number of para-hydroxylation sites is 2. The molecule has 57 heavy (non-hydrogen) atoms. The number of fused-ring (bicyclic) bond motifs is 10. The van der Waals surface area contributed by atoms with Crippen molar-refractivity contribution in [1.82, 2.24) is 9.13 Å². The molecular weight excluding hydrogens is 709 g/mol. The predicted octanol–water partition coefficient (Wildman–Crippen LogP) is 15.2. The minimum atomic E-state index is 1.16. The molecule has 2 nitrogen and oxygen atoms in total. The number of aromatic nitrogens is 2. The summed E-state index contributed by atoms with van der Waals surface area (Å²) in [5.74, 6) is 0. The van der Waals surface area contributed by atoms with Gasteiger partial charge in [-0.05, 0) is 88.5 Å². The lowest BCUT2D eigenvalue weighted by Gasteiger charge is -2.12. The first-order valence-electron chi connectivity index (χ1n) is 19.5. The molecule has 3 heterocycles. The Morgan fingerprint density at radius 2 is 0.877 bits per heavy atom. The zero-order valence-electron chi connectivity index (χ0n) is 30.9. The van der Waals surface area contributed by atoms with E-state index in [0.717, 1.165) is 11.4 Å². The molecule has 9 aromatic carbocycles. The first-order chi connectivity index (χ1) is 28.3. The van der Waals surface area contributed by atoms with Crippen LogP contribution in [0.5, 0.6) is 0 Å². The number of thiophene rings is 1. The molecule has 0 saturated carbocycles. The van der Waals surface area contributed by atoms with E-state index in [-0.39, 0.29) is 0 Å². The summed E-state index contributed by atoms with van der Waals surface area (Å²) in [6.45, 7) is 0. The van der Waals surface area contributed by atoms with Gasteiger partial charge in [0.2, 0.25) is 0 Å². The molecule has 0 radical (unpaired) electrons. The number of benzene rings is 9. The molecule has 0 fully saturated rings. The van der Waals surface area contributed by atoms with Crippen molar-refractivity contribution in [2.75, 3.05) is 0 Å². The number of hydrogen-bond acceptors (Lipinski definition) is 1. The van der Waals surface area contributed by atoms with Crippen LogP contribution in [-0.2, 0) is 0 Å². The first-order valence-corrected chi connectivity index (χ1v) is 20.3. The van der Waals surface area contributed by atoms with E-state index < -0.39 is 0 Å². The van der Waals surface area contributed by atoms with Crippen molar-refractivity contribution < 1.29 is 0 Å². The lowest BCUT2D eigenvalue weighted by molar-refractivity contribution is 1.18. The second kappa shape index (κ2) is 12.7. The Labute approximate surface area is 333 Å². The molecule has 0 aliphatic rings. The Morgan fingerprint density at radius 3 is 1.63 bits per heavy atom. The van der Waals surface area contributed by atoms with E-state index in [2.05, 4.69) is 215 Å². The van der Waals surface area contributed by atoms with Crippen LogP contribution < -0.4 is 0 Å². The standard InChI is InChI=1S/C54H34N2S/c1-3-14-35(15-4-1)37-26-29-40(30-27-37)56-49-24-11-8-21-43(49)47-34-45(54-52(53(47)56)44-22-9-12-25-51(44)57-54)39-28-31-50-46(33-39)42-20-7-10-23-48(42)55(50)41-19-13-18-38(32-41)36-16-5-2-6-17-36/h1-34H. The number of rotatable bonds is 5. The van der Waals surface area contributed by atoms with Crippen LogP contribution in [0.15, 0.2) is 206 Å². The Bertz CT molecular complexity index is 3490. The van der Waals surface area contributed by atoms with E-state index in [4.69, 9.17) is 0 Å². The lowest BCUT2D eigenvalue weighted by atomic mass is 9.97. The Hall–Kier alpha value is -7.20. The molecule has 3 heteroatoms. The normalized spacial score (nSPS) is 11.9. The molecule has 0 bridgehead atoms. The van der Waals surface area contributed by atoms with Gasteiger partial charge in [0.1, 0.15) is 0 Å². The molecule has 0 N–H and O–H groups in total. The topological polar surface area (TPSA) is 9.86 Å². The Balaban J connectivity index is 1.11. The van der Waals surface area contributed by atoms with Crippen molar-refractivity contribution in [3.63, 3.8) is 0 Å². The Kier molecular flexibility index (Phi) is 7.13. The minimum Gasteiger partial charge on any atom is -0.309 e. The summed E-state index contributed by atoms with van der Waals surface area (Å²) < 4.78 is 7.53. The van der Waals surface area contributed by atoms with Crippen LogP contribution in [0.3, 0.4) is 0 Å². The lowest BCUT2D eigenvalue weighted by Crippen LogP contribution is -1.95.